The number of ketones is 1. The minimum atomic E-state index is 0.198. The number of benzene rings is 1. The minimum Gasteiger partial charge on any atom is -0.299 e. The average Bonchev–Trinajstić information content (AvgIpc) is 2.46. The molecule has 0 aromatic heterocycles. The zero-order valence-corrected chi connectivity index (χ0v) is 12.4. The maximum atomic E-state index is 13.0. The Balaban J connectivity index is 1.76. The third kappa shape index (κ3) is 2.97. The molecule has 0 radical (unpaired) electrons. The highest BCUT2D eigenvalue weighted by atomic mass is 16.1. The van der Waals surface area contributed by atoms with E-state index in [9.17, 15) is 4.79 Å². The summed E-state index contributed by atoms with van der Waals surface area (Å²) in [6.07, 6.45) is 12.2. The number of rotatable bonds is 2. The van der Waals surface area contributed by atoms with Crippen molar-refractivity contribution in [3.05, 3.63) is 35.4 Å². The number of hydrogen-bond donors (Lipinski definition) is 0. The van der Waals surface area contributed by atoms with E-state index >= 15 is 0 Å². The van der Waals surface area contributed by atoms with Crippen LogP contribution in [0.25, 0.3) is 0 Å². The summed E-state index contributed by atoms with van der Waals surface area (Å²) >= 11 is 0. The van der Waals surface area contributed by atoms with Crippen LogP contribution in [-0.4, -0.2) is 5.78 Å². The molecule has 0 bridgehead atoms. The molecule has 2 aliphatic rings. The maximum Gasteiger partial charge on any atom is 0.143 e. The minimum absolute atomic E-state index is 0.198. The summed E-state index contributed by atoms with van der Waals surface area (Å²) in [6.45, 7) is 0. The first-order valence-corrected chi connectivity index (χ1v) is 8.48. The Morgan fingerprint density at radius 3 is 2.35 bits per heavy atom. The molecule has 0 aliphatic heterocycles. The SMILES string of the molecule is O=C(C1CCCCCCC1)C1CCCc2ccccc21. The van der Waals surface area contributed by atoms with Crippen molar-refractivity contribution in [2.45, 2.75) is 70.1 Å². The molecule has 1 fully saturated rings. The van der Waals surface area contributed by atoms with Gasteiger partial charge < -0.3 is 0 Å². The molecule has 108 valence electrons. The van der Waals surface area contributed by atoms with Gasteiger partial charge in [0.05, 0.1) is 0 Å². The molecule has 1 nitrogen and oxygen atoms in total. The maximum absolute atomic E-state index is 13.0. The van der Waals surface area contributed by atoms with Crippen LogP contribution in [0.2, 0.25) is 0 Å². The number of aryl methyl sites for hydroxylation is 1. The van der Waals surface area contributed by atoms with Crippen LogP contribution in [0, 0.1) is 5.92 Å². The van der Waals surface area contributed by atoms with Crippen molar-refractivity contribution >= 4 is 5.78 Å². The number of carbonyl (C=O) groups excluding carboxylic acids is 1. The van der Waals surface area contributed by atoms with Gasteiger partial charge in [-0.3, -0.25) is 4.79 Å². The fourth-order valence-corrected chi connectivity index (χ4v) is 4.07. The average molecular weight is 270 g/mol. The van der Waals surface area contributed by atoms with Crippen LogP contribution in [0.4, 0.5) is 0 Å². The molecule has 0 heterocycles. The summed E-state index contributed by atoms with van der Waals surface area (Å²) in [7, 11) is 0. The number of Topliss-reactive ketones (excluding diaryl/α,β-unsaturated/α-hetero) is 1. The van der Waals surface area contributed by atoms with Crippen LogP contribution in [0.15, 0.2) is 24.3 Å². The van der Waals surface area contributed by atoms with Gasteiger partial charge in [0.1, 0.15) is 5.78 Å². The van der Waals surface area contributed by atoms with Crippen LogP contribution in [0.1, 0.15) is 74.8 Å². The monoisotopic (exact) mass is 270 g/mol. The molecule has 1 unspecified atom stereocenters. The molecule has 0 amide bonds. The third-order valence-electron chi connectivity index (χ3n) is 5.22. The highest BCUT2D eigenvalue weighted by molar-refractivity contribution is 5.88. The third-order valence-corrected chi connectivity index (χ3v) is 5.22. The van der Waals surface area contributed by atoms with Crippen molar-refractivity contribution < 1.29 is 4.79 Å². The molecule has 3 rings (SSSR count). The molecule has 0 N–H and O–H groups in total. The van der Waals surface area contributed by atoms with Gasteiger partial charge in [-0.2, -0.15) is 0 Å². The van der Waals surface area contributed by atoms with E-state index in [1.807, 2.05) is 0 Å². The smallest absolute Gasteiger partial charge is 0.143 e. The van der Waals surface area contributed by atoms with E-state index in [-0.39, 0.29) is 5.92 Å². The van der Waals surface area contributed by atoms with E-state index in [2.05, 4.69) is 24.3 Å². The lowest BCUT2D eigenvalue weighted by molar-refractivity contribution is -0.125. The normalized spacial score (nSPS) is 24.5. The lowest BCUT2D eigenvalue weighted by Crippen LogP contribution is -2.26. The summed E-state index contributed by atoms with van der Waals surface area (Å²) < 4.78 is 0. The molecule has 1 atom stereocenters. The van der Waals surface area contributed by atoms with Crippen molar-refractivity contribution in [1.82, 2.24) is 0 Å². The Morgan fingerprint density at radius 1 is 0.850 bits per heavy atom. The Morgan fingerprint density at radius 2 is 1.55 bits per heavy atom. The van der Waals surface area contributed by atoms with Crippen molar-refractivity contribution in [2.24, 2.45) is 5.92 Å². The predicted octanol–water partition coefficient (Wildman–Crippen LogP) is 5.04. The van der Waals surface area contributed by atoms with Gasteiger partial charge in [-0.25, -0.2) is 0 Å². The van der Waals surface area contributed by atoms with E-state index in [4.69, 9.17) is 0 Å². The first-order valence-electron chi connectivity index (χ1n) is 8.48. The van der Waals surface area contributed by atoms with E-state index in [1.165, 1.54) is 49.7 Å². The van der Waals surface area contributed by atoms with Gasteiger partial charge in [0.15, 0.2) is 0 Å². The molecule has 0 saturated heterocycles. The van der Waals surface area contributed by atoms with Crippen molar-refractivity contribution in [1.29, 1.82) is 0 Å². The lowest BCUT2D eigenvalue weighted by atomic mass is 9.75. The number of fused-ring (bicyclic) bond motifs is 1. The Hall–Kier alpha value is -1.11. The van der Waals surface area contributed by atoms with Gasteiger partial charge in [0.2, 0.25) is 0 Å². The molecule has 1 heteroatoms. The van der Waals surface area contributed by atoms with Crippen LogP contribution >= 0.6 is 0 Å². The largest absolute Gasteiger partial charge is 0.299 e. The summed E-state index contributed by atoms with van der Waals surface area (Å²) in [5.41, 5.74) is 2.76. The van der Waals surface area contributed by atoms with E-state index in [0.717, 1.165) is 25.7 Å². The molecule has 20 heavy (non-hydrogen) atoms. The second kappa shape index (κ2) is 6.56. The first kappa shape index (κ1) is 13.9. The highest BCUT2D eigenvalue weighted by Gasteiger charge is 2.31. The lowest BCUT2D eigenvalue weighted by Gasteiger charge is -2.28. The highest BCUT2D eigenvalue weighted by Crippen LogP contribution is 2.36. The molecule has 0 spiro atoms. The van der Waals surface area contributed by atoms with Crippen LogP contribution in [0.5, 0.6) is 0 Å². The van der Waals surface area contributed by atoms with Crippen LogP contribution in [0.3, 0.4) is 0 Å². The Kier molecular flexibility index (Phi) is 4.54. The van der Waals surface area contributed by atoms with Gasteiger partial charge in [-0.15, -0.1) is 0 Å². The van der Waals surface area contributed by atoms with Crippen molar-refractivity contribution in [3.63, 3.8) is 0 Å². The second-order valence-electron chi connectivity index (χ2n) is 6.59. The summed E-state index contributed by atoms with van der Waals surface area (Å²) in [5, 5.41) is 0. The predicted molar refractivity (Wildman–Crippen MR) is 82.9 cm³/mol. The van der Waals surface area contributed by atoms with Gasteiger partial charge in [0.25, 0.3) is 0 Å². The van der Waals surface area contributed by atoms with E-state index in [1.54, 1.807) is 0 Å². The van der Waals surface area contributed by atoms with Crippen LogP contribution < -0.4 is 0 Å². The van der Waals surface area contributed by atoms with E-state index < -0.39 is 0 Å². The zero-order chi connectivity index (χ0) is 13.8. The first-order chi connectivity index (χ1) is 9.86. The van der Waals surface area contributed by atoms with Gasteiger partial charge >= 0.3 is 0 Å². The summed E-state index contributed by atoms with van der Waals surface area (Å²) in [4.78, 5) is 13.0. The van der Waals surface area contributed by atoms with Crippen molar-refractivity contribution in [3.8, 4) is 0 Å². The second-order valence-corrected chi connectivity index (χ2v) is 6.59. The van der Waals surface area contributed by atoms with Gasteiger partial charge in [-0.1, -0.05) is 56.4 Å². The Bertz CT molecular complexity index is 455. The molecular weight excluding hydrogens is 244 g/mol. The Labute approximate surface area is 122 Å². The molecule has 2 aliphatic carbocycles. The topological polar surface area (TPSA) is 17.1 Å². The fourth-order valence-electron chi connectivity index (χ4n) is 4.07. The summed E-state index contributed by atoms with van der Waals surface area (Å²) in [5.74, 6) is 1.09. The number of hydrogen-bond acceptors (Lipinski definition) is 1. The van der Waals surface area contributed by atoms with E-state index in [0.29, 0.717) is 11.7 Å². The quantitative estimate of drug-likeness (QED) is 0.736. The summed E-state index contributed by atoms with van der Waals surface area (Å²) in [6, 6.07) is 8.62. The van der Waals surface area contributed by atoms with Crippen LogP contribution in [-0.2, 0) is 11.2 Å². The standard InChI is InChI=1S/C19H26O/c20-19(16-10-4-2-1-3-5-11-16)18-14-8-12-15-9-6-7-13-17(15)18/h6-7,9,13,16,18H,1-5,8,10-12,14H2. The number of carbonyl (C=O) groups is 1. The molecule has 1 saturated carbocycles. The van der Waals surface area contributed by atoms with Crippen molar-refractivity contribution in [2.75, 3.05) is 0 Å². The zero-order valence-electron chi connectivity index (χ0n) is 12.4. The molecular formula is C19H26O. The molecule has 1 aromatic carbocycles. The molecule has 1 aromatic rings. The van der Waals surface area contributed by atoms with Gasteiger partial charge in [-0.05, 0) is 43.2 Å². The fraction of sp³-hybridized carbons (Fsp3) is 0.632. The van der Waals surface area contributed by atoms with Gasteiger partial charge in [0, 0.05) is 11.8 Å².